The Kier molecular flexibility index (Phi) is 6.37. The van der Waals surface area contributed by atoms with Crippen LogP contribution in [-0.2, 0) is 0 Å². The molecule has 3 aromatic carbocycles. The van der Waals surface area contributed by atoms with Crippen LogP contribution in [0.5, 0.6) is 11.5 Å². The molecule has 1 N–H and O–H groups in total. The molecule has 0 aliphatic carbocycles. The number of hydrogen-bond donors (Lipinski definition) is 1. The number of hydrogen-bond acceptors (Lipinski definition) is 5. The van der Waals surface area contributed by atoms with Crippen LogP contribution in [0.2, 0.25) is 0 Å². The standard InChI is InChI=1S/C23H20N2O4/c1-16-8-11-18(12-9-16)22(26)25-24-15-17-10-13-20(21(14-17)28-2)29-23(27)19-6-4-3-5-7-19/h3-15H,1-2H3,(H,25,26)/b24-15+. The summed E-state index contributed by atoms with van der Waals surface area (Å²) in [7, 11) is 1.48. The lowest BCUT2D eigenvalue weighted by molar-refractivity contribution is 0.0729. The number of carbonyl (C=O) groups is 2. The van der Waals surface area contributed by atoms with Crippen molar-refractivity contribution in [2.45, 2.75) is 6.92 Å². The zero-order chi connectivity index (χ0) is 20.6. The molecule has 0 saturated carbocycles. The van der Waals surface area contributed by atoms with Gasteiger partial charge in [0.1, 0.15) is 0 Å². The second-order valence-electron chi connectivity index (χ2n) is 6.23. The number of methoxy groups -OCH3 is 1. The molecule has 146 valence electrons. The molecule has 6 nitrogen and oxygen atoms in total. The molecule has 0 radical (unpaired) electrons. The summed E-state index contributed by atoms with van der Waals surface area (Å²) in [6.07, 6.45) is 1.48. The summed E-state index contributed by atoms with van der Waals surface area (Å²) >= 11 is 0. The first-order valence-corrected chi connectivity index (χ1v) is 8.92. The van der Waals surface area contributed by atoms with Gasteiger partial charge in [0.05, 0.1) is 18.9 Å². The zero-order valence-corrected chi connectivity index (χ0v) is 16.1. The van der Waals surface area contributed by atoms with Gasteiger partial charge >= 0.3 is 5.97 Å². The predicted molar refractivity (Wildman–Crippen MR) is 111 cm³/mol. The van der Waals surface area contributed by atoms with Crippen LogP contribution in [0.15, 0.2) is 77.9 Å². The van der Waals surface area contributed by atoms with Crippen molar-refractivity contribution < 1.29 is 19.1 Å². The minimum atomic E-state index is -0.476. The summed E-state index contributed by atoms with van der Waals surface area (Å²) in [5.74, 6) is -0.109. The summed E-state index contributed by atoms with van der Waals surface area (Å²) in [5, 5.41) is 3.97. The first-order valence-electron chi connectivity index (χ1n) is 8.92. The Morgan fingerprint density at radius 2 is 1.62 bits per heavy atom. The molecule has 0 fully saturated rings. The number of ether oxygens (including phenoxy) is 2. The van der Waals surface area contributed by atoms with Crippen LogP contribution in [0.4, 0.5) is 0 Å². The first kappa shape index (κ1) is 19.8. The van der Waals surface area contributed by atoms with Crippen molar-refractivity contribution in [2.24, 2.45) is 5.10 Å². The van der Waals surface area contributed by atoms with E-state index in [0.29, 0.717) is 28.2 Å². The number of hydrazone groups is 1. The van der Waals surface area contributed by atoms with Crippen LogP contribution in [0, 0.1) is 6.92 Å². The highest BCUT2D eigenvalue weighted by Gasteiger charge is 2.12. The van der Waals surface area contributed by atoms with E-state index in [1.54, 1.807) is 54.6 Å². The average molecular weight is 388 g/mol. The Morgan fingerprint density at radius 1 is 0.897 bits per heavy atom. The van der Waals surface area contributed by atoms with E-state index in [4.69, 9.17) is 9.47 Å². The number of amides is 1. The Morgan fingerprint density at radius 3 is 2.31 bits per heavy atom. The third kappa shape index (κ3) is 5.29. The SMILES string of the molecule is COc1cc(/C=N/NC(=O)c2ccc(C)cc2)ccc1OC(=O)c1ccccc1. The number of nitrogens with one attached hydrogen (secondary N) is 1. The van der Waals surface area contributed by atoms with Gasteiger partial charge in [-0.15, -0.1) is 0 Å². The number of benzene rings is 3. The lowest BCUT2D eigenvalue weighted by atomic mass is 10.1. The second-order valence-corrected chi connectivity index (χ2v) is 6.23. The quantitative estimate of drug-likeness (QED) is 0.300. The molecule has 3 rings (SSSR count). The van der Waals surface area contributed by atoms with E-state index < -0.39 is 5.97 Å². The number of rotatable bonds is 6. The molecular formula is C23H20N2O4. The van der Waals surface area contributed by atoms with Gasteiger partial charge in [0.2, 0.25) is 0 Å². The molecule has 0 unspecified atom stereocenters. The molecular weight excluding hydrogens is 368 g/mol. The molecule has 0 aliphatic rings. The maximum absolute atomic E-state index is 12.2. The third-order valence-electron chi connectivity index (χ3n) is 4.09. The van der Waals surface area contributed by atoms with E-state index in [2.05, 4.69) is 10.5 Å². The molecule has 0 saturated heterocycles. The monoisotopic (exact) mass is 388 g/mol. The Balaban J connectivity index is 1.66. The smallest absolute Gasteiger partial charge is 0.343 e. The van der Waals surface area contributed by atoms with Crippen LogP contribution in [0.3, 0.4) is 0 Å². The lowest BCUT2D eigenvalue weighted by Gasteiger charge is -2.10. The first-order chi connectivity index (χ1) is 14.1. The van der Waals surface area contributed by atoms with Gasteiger partial charge in [0.15, 0.2) is 11.5 Å². The van der Waals surface area contributed by atoms with Crippen LogP contribution >= 0.6 is 0 Å². The molecule has 1 amide bonds. The normalized spacial score (nSPS) is 10.6. The van der Waals surface area contributed by atoms with Crippen molar-refractivity contribution in [3.63, 3.8) is 0 Å². The van der Waals surface area contributed by atoms with Crippen molar-refractivity contribution >= 4 is 18.1 Å². The summed E-state index contributed by atoms with van der Waals surface area (Å²) in [6.45, 7) is 1.95. The molecule has 29 heavy (non-hydrogen) atoms. The summed E-state index contributed by atoms with van der Waals surface area (Å²) in [4.78, 5) is 24.3. The fraction of sp³-hybridized carbons (Fsp3) is 0.0870. The second kappa shape index (κ2) is 9.32. The molecule has 0 spiro atoms. The van der Waals surface area contributed by atoms with Gasteiger partial charge < -0.3 is 9.47 Å². The molecule has 0 atom stereocenters. The maximum atomic E-state index is 12.2. The van der Waals surface area contributed by atoms with Crippen molar-refractivity contribution in [3.05, 3.63) is 95.1 Å². The molecule has 0 aromatic heterocycles. The molecule has 6 heteroatoms. The third-order valence-corrected chi connectivity index (χ3v) is 4.09. The fourth-order valence-corrected chi connectivity index (χ4v) is 2.52. The maximum Gasteiger partial charge on any atom is 0.343 e. The fourth-order valence-electron chi connectivity index (χ4n) is 2.52. The van der Waals surface area contributed by atoms with Gasteiger partial charge in [0, 0.05) is 5.56 Å². The largest absolute Gasteiger partial charge is 0.493 e. The number of esters is 1. The highest BCUT2D eigenvalue weighted by Crippen LogP contribution is 2.28. The number of nitrogens with zero attached hydrogens (tertiary/aromatic N) is 1. The van der Waals surface area contributed by atoms with Gasteiger partial charge in [-0.25, -0.2) is 10.2 Å². The predicted octanol–water partition coefficient (Wildman–Crippen LogP) is 3.99. The Hall–Kier alpha value is -3.93. The number of aryl methyl sites for hydroxylation is 1. The molecule has 3 aromatic rings. The minimum absolute atomic E-state index is 0.294. The Labute approximate surface area is 168 Å². The van der Waals surface area contributed by atoms with E-state index >= 15 is 0 Å². The highest BCUT2D eigenvalue weighted by atomic mass is 16.6. The minimum Gasteiger partial charge on any atom is -0.493 e. The van der Waals surface area contributed by atoms with Crippen molar-refractivity contribution in [1.29, 1.82) is 0 Å². The van der Waals surface area contributed by atoms with Gasteiger partial charge in [-0.1, -0.05) is 35.9 Å². The van der Waals surface area contributed by atoms with E-state index in [1.807, 2.05) is 25.1 Å². The topological polar surface area (TPSA) is 77.0 Å². The van der Waals surface area contributed by atoms with Crippen molar-refractivity contribution in [1.82, 2.24) is 5.43 Å². The lowest BCUT2D eigenvalue weighted by Crippen LogP contribution is -2.17. The molecule has 0 bridgehead atoms. The van der Waals surface area contributed by atoms with Gasteiger partial charge in [0.25, 0.3) is 5.91 Å². The Bertz CT molecular complexity index is 1030. The van der Waals surface area contributed by atoms with E-state index in [9.17, 15) is 9.59 Å². The van der Waals surface area contributed by atoms with Crippen LogP contribution in [0.1, 0.15) is 31.8 Å². The van der Waals surface area contributed by atoms with Gasteiger partial charge in [-0.3, -0.25) is 4.79 Å². The summed E-state index contributed by atoms with van der Waals surface area (Å²) in [5.41, 5.74) is 5.19. The summed E-state index contributed by atoms with van der Waals surface area (Å²) in [6, 6.07) is 20.9. The van der Waals surface area contributed by atoms with Crippen LogP contribution in [0.25, 0.3) is 0 Å². The van der Waals surface area contributed by atoms with E-state index in [-0.39, 0.29) is 5.91 Å². The van der Waals surface area contributed by atoms with E-state index in [0.717, 1.165) is 5.56 Å². The molecule has 0 aliphatic heterocycles. The molecule has 0 heterocycles. The highest BCUT2D eigenvalue weighted by molar-refractivity contribution is 5.95. The zero-order valence-electron chi connectivity index (χ0n) is 16.1. The van der Waals surface area contributed by atoms with Crippen molar-refractivity contribution in [2.75, 3.05) is 7.11 Å². The summed E-state index contributed by atoms with van der Waals surface area (Å²) < 4.78 is 10.7. The van der Waals surface area contributed by atoms with Crippen LogP contribution in [-0.4, -0.2) is 25.2 Å². The average Bonchev–Trinajstić information content (AvgIpc) is 2.75. The van der Waals surface area contributed by atoms with Crippen molar-refractivity contribution in [3.8, 4) is 11.5 Å². The van der Waals surface area contributed by atoms with Gasteiger partial charge in [-0.05, 0) is 55.0 Å². The number of carbonyl (C=O) groups excluding carboxylic acids is 2. The van der Waals surface area contributed by atoms with Gasteiger partial charge in [-0.2, -0.15) is 5.10 Å². The van der Waals surface area contributed by atoms with E-state index in [1.165, 1.54) is 13.3 Å². The van der Waals surface area contributed by atoms with Crippen LogP contribution < -0.4 is 14.9 Å².